The van der Waals surface area contributed by atoms with Crippen LogP contribution in [0.5, 0.6) is 0 Å². The number of likely N-dealkylation sites (tertiary alicyclic amines) is 1. The summed E-state index contributed by atoms with van der Waals surface area (Å²) in [5, 5.41) is 3.06. The number of hydrogen-bond acceptors (Lipinski definition) is 5. The fraction of sp³-hybridized carbons (Fsp3) is 0.583. The number of nitrogens with one attached hydrogen (secondary N) is 1. The molecular weight excluding hydrogens is 378 g/mol. The van der Waals surface area contributed by atoms with E-state index in [1.165, 1.54) is 5.56 Å². The minimum atomic E-state index is -0.0306. The minimum absolute atomic E-state index is 0.0306. The Bertz CT molecular complexity index is 858. The number of nitrogens with zero attached hydrogens (tertiary/aromatic N) is 2. The predicted molar refractivity (Wildman–Crippen MR) is 116 cm³/mol. The van der Waals surface area contributed by atoms with Crippen LogP contribution in [0.3, 0.4) is 0 Å². The van der Waals surface area contributed by atoms with Gasteiger partial charge in [-0.15, -0.1) is 0 Å². The molecule has 4 heterocycles. The second-order valence-corrected chi connectivity index (χ2v) is 8.73. The fourth-order valence-corrected chi connectivity index (χ4v) is 4.50. The van der Waals surface area contributed by atoms with Crippen LogP contribution in [0.4, 0.5) is 0 Å². The third-order valence-electron chi connectivity index (χ3n) is 6.39. The number of carbonyl (C=O) groups is 1. The molecule has 0 bridgehead atoms. The second kappa shape index (κ2) is 9.31. The van der Waals surface area contributed by atoms with Crippen LogP contribution in [0.2, 0.25) is 0 Å². The van der Waals surface area contributed by atoms with E-state index in [0.717, 1.165) is 74.8 Å². The summed E-state index contributed by atoms with van der Waals surface area (Å²) in [4.78, 5) is 20.1. The Morgan fingerprint density at radius 1 is 1.20 bits per heavy atom. The van der Waals surface area contributed by atoms with Gasteiger partial charge in [0, 0.05) is 24.8 Å². The molecule has 30 heavy (non-hydrogen) atoms. The van der Waals surface area contributed by atoms with Crippen molar-refractivity contribution in [1.82, 2.24) is 15.2 Å². The molecule has 2 aromatic rings. The molecule has 6 heteroatoms. The Balaban J connectivity index is 1.38. The van der Waals surface area contributed by atoms with Crippen molar-refractivity contribution in [2.24, 2.45) is 0 Å². The molecule has 162 valence electrons. The van der Waals surface area contributed by atoms with Gasteiger partial charge in [0.1, 0.15) is 11.5 Å². The Kier molecular flexibility index (Phi) is 6.54. The van der Waals surface area contributed by atoms with Crippen LogP contribution in [0.25, 0.3) is 0 Å². The summed E-state index contributed by atoms with van der Waals surface area (Å²) in [7, 11) is 0. The third-order valence-corrected chi connectivity index (χ3v) is 6.39. The van der Waals surface area contributed by atoms with Crippen molar-refractivity contribution >= 4 is 5.91 Å². The van der Waals surface area contributed by atoms with E-state index in [4.69, 9.17) is 14.1 Å². The van der Waals surface area contributed by atoms with Crippen LogP contribution in [-0.2, 0) is 11.3 Å². The van der Waals surface area contributed by atoms with E-state index in [1.54, 1.807) is 0 Å². The lowest BCUT2D eigenvalue weighted by Gasteiger charge is -2.31. The molecule has 2 aromatic heterocycles. The number of amides is 1. The number of aromatic nitrogens is 1. The molecule has 0 saturated carbocycles. The molecule has 2 aliphatic rings. The largest absolute Gasteiger partial charge is 0.465 e. The maximum Gasteiger partial charge on any atom is 0.253 e. The first-order valence-electron chi connectivity index (χ1n) is 11.1. The van der Waals surface area contributed by atoms with Gasteiger partial charge in [0.15, 0.2) is 0 Å². The van der Waals surface area contributed by atoms with Gasteiger partial charge in [-0.1, -0.05) is 0 Å². The number of furan rings is 1. The summed E-state index contributed by atoms with van der Waals surface area (Å²) in [6, 6.07) is 6.00. The second-order valence-electron chi connectivity index (χ2n) is 8.73. The first-order chi connectivity index (χ1) is 14.5. The van der Waals surface area contributed by atoms with Gasteiger partial charge in [0.2, 0.25) is 0 Å². The topological polar surface area (TPSA) is 67.6 Å². The van der Waals surface area contributed by atoms with Crippen LogP contribution in [0.1, 0.15) is 70.4 Å². The van der Waals surface area contributed by atoms with Gasteiger partial charge in [-0.25, -0.2) is 0 Å². The minimum Gasteiger partial charge on any atom is -0.465 e. The van der Waals surface area contributed by atoms with Gasteiger partial charge in [-0.2, -0.15) is 0 Å². The highest BCUT2D eigenvalue weighted by molar-refractivity contribution is 5.95. The normalized spacial score (nSPS) is 20.6. The highest BCUT2D eigenvalue weighted by Gasteiger charge is 2.27. The highest BCUT2D eigenvalue weighted by Crippen LogP contribution is 2.30. The van der Waals surface area contributed by atoms with E-state index in [-0.39, 0.29) is 12.0 Å². The highest BCUT2D eigenvalue weighted by atomic mass is 16.5. The molecule has 0 aliphatic carbocycles. The third kappa shape index (κ3) is 4.93. The quantitative estimate of drug-likeness (QED) is 0.781. The molecule has 2 saturated heterocycles. The van der Waals surface area contributed by atoms with Crippen molar-refractivity contribution in [1.29, 1.82) is 0 Å². The van der Waals surface area contributed by atoms with Crippen molar-refractivity contribution in [3.05, 3.63) is 52.2 Å². The van der Waals surface area contributed by atoms with Crippen molar-refractivity contribution in [2.45, 2.75) is 65.0 Å². The monoisotopic (exact) mass is 411 g/mol. The van der Waals surface area contributed by atoms with Crippen molar-refractivity contribution < 1.29 is 13.9 Å². The van der Waals surface area contributed by atoms with Crippen LogP contribution in [0.15, 0.2) is 22.6 Å². The van der Waals surface area contributed by atoms with E-state index < -0.39 is 0 Å². The summed E-state index contributed by atoms with van der Waals surface area (Å²) in [6.45, 7) is 10.3. The zero-order chi connectivity index (χ0) is 21.1. The molecular formula is C24H33N3O3. The average Bonchev–Trinajstić information content (AvgIpc) is 3.36. The molecule has 0 spiro atoms. The molecule has 4 rings (SSSR count). The first kappa shape index (κ1) is 21.1. The van der Waals surface area contributed by atoms with E-state index in [9.17, 15) is 4.79 Å². The van der Waals surface area contributed by atoms with E-state index >= 15 is 0 Å². The van der Waals surface area contributed by atoms with E-state index in [0.29, 0.717) is 18.0 Å². The van der Waals surface area contributed by atoms with Gasteiger partial charge in [-0.3, -0.25) is 14.7 Å². The lowest BCUT2D eigenvalue weighted by atomic mass is 9.89. The number of aryl methyl sites for hydroxylation is 3. The van der Waals surface area contributed by atoms with Crippen LogP contribution >= 0.6 is 0 Å². The smallest absolute Gasteiger partial charge is 0.253 e. The Hall–Kier alpha value is -2.18. The summed E-state index contributed by atoms with van der Waals surface area (Å²) < 4.78 is 11.5. The van der Waals surface area contributed by atoms with Crippen molar-refractivity contribution in [2.75, 3.05) is 26.2 Å². The van der Waals surface area contributed by atoms with Gasteiger partial charge in [0.05, 0.1) is 23.9 Å². The molecule has 1 unspecified atom stereocenters. The van der Waals surface area contributed by atoms with Crippen LogP contribution in [0, 0.1) is 20.8 Å². The summed E-state index contributed by atoms with van der Waals surface area (Å²) >= 11 is 0. The van der Waals surface area contributed by atoms with Gasteiger partial charge >= 0.3 is 0 Å². The van der Waals surface area contributed by atoms with E-state index in [2.05, 4.69) is 23.2 Å². The fourth-order valence-electron chi connectivity index (χ4n) is 4.50. The predicted octanol–water partition coefficient (Wildman–Crippen LogP) is 3.89. The number of carbonyl (C=O) groups excluding carboxylic acids is 1. The maximum absolute atomic E-state index is 12.9. The van der Waals surface area contributed by atoms with E-state index in [1.807, 2.05) is 26.0 Å². The Morgan fingerprint density at radius 3 is 2.67 bits per heavy atom. The lowest BCUT2D eigenvalue weighted by molar-refractivity contribution is 0.0855. The van der Waals surface area contributed by atoms with Crippen molar-refractivity contribution in [3.8, 4) is 0 Å². The molecule has 1 atom stereocenters. The number of hydrogen-bond donors (Lipinski definition) is 1. The van der Waals surface area contributed by atoms with Crippen molar-refractivity contribution in [3.63, 3.8) is 0 Å². The standard InChI is InChI=1S/C24H33N3O3/c1-16-13-21(30-18(16)3)15-27-10-8-19(9-11-27)23-22(7-6-17(2)26-23)24(28)25-14-20-5-4-12-29-20/h6-7,13,19-20H,4-5,8-12,14-15H2,1-3H3,(H,25,28). The number of pyridine rings is 1. The van der Waals surface area contributed by atoms with Gasteiger partial charge in [-0.05, 0) is 83.3 Å². The lowest BCUT2D eigenvalue weighted by Crippen LogP contribution is -2.35. The average molecular weight is 412 g/mol. The zero-order valence-electron chi connectivity index (χ0n) is 18.4. The van der Waals surface area contributed by atoms with Crippen LogP contribution in [-0.4, -0.2) is 48.1 Å². The molecule has 6 nitrogen and oxygen atoms in total. The summed E-state index contributed by atoms with van der Waals surface area (Å²) in [6.07, 6.45) is 4.25. The summed E-state index contributed by atoms with van der Waals surface area (Å²) in [5.41, 5.74) is 3.84. The number of piperidine rings is 1. The molecule has 1 N–H and O–H groups in total. The number of ether oxygens (including phenoxy) is 1. The summed E-state index contributed by atoms with van der Waals surface area (Å²) in [5.74, 6) is 2.32. The maximum atomic E-state index is 12.9. The van der Waals surface area contributed by atoms with Gasteiger partial charge in [0.25, 0.3) is 5.91 Å². The first-order valence-corrected chi connectivity index (χ1v) is 11.1. The van der Waals surface area contributed by atoms with Crippen LogP contribution < -0.4 is 5.32 Å². The SMILES string of the molecule is Cc1ccc(C(=O)NCC2CCCO2)c(C2CCN(Cc3cc(C)c(C)o3)CC2)n1. The molecule has 2 aliphatic heterocycles. The van der Waals surface area contributed by atoms with Gasteiger partial charge < -0.3 is 14.5 Å². The Labute approximate surface area is 179 Å². The molecule has 0 radical (unpaired) electrons. The molecule has 2 fully saturated rings. The Morgan fingerprint density at radius 2 is 2.00 bits per heavy atom. The molecule has 0 aromatic carbocycles. The zero-order valence-corrected chi connectivity index (χ0v) is 18.4. The molecule has 1 amide bonds. The number of rotatable bonds is 6.